The van der Waals surface area contributed by atoms with Crippen LogP contribution in [0, 0.1) is 5.41 Å². The van der Waals surface area contributed by atoms with E-state index in [2.05, 4.69) is 37.9 Å². The predicted molar refractivity (Wildman–Crippen MR) is 73.4 cm³/mol. The zero-order valence-electron chi connectivity index (χ0n) is 12.3. The second kappa shape index (κ2) is 6.72. The van der Waals surface area contributed by atoms with Crippen molar-refractivity contribution >= 4 is 0 Å². The molecule has 1 rings (SSSR count). The zero-order chi connectivity index (χ0) is 12.9. The van der Waals surface area contributed by atoms with Crippen LogP contribution in [0.1, 0.15) is 40.5 Å². The van der Waals surface area contributed by atoms with Gasteiger partial charge in [-0.3, -0.25) is 4.90 Å². The first kappa shape index (κ1) is 14.9. The van der Waals surface area contributed by atoms with Gasteiger partial charge in [0.1, 0.15) is 0 Å². The Morgan fingerprint density at radius 3 is 2.47 bits per heavy atom. The Labute approximate surface area is 107 Å². The Hall–Kier alpha value is -0.120. The van der Waals surface area contributed by atoms with Crippen LogP contribution in [-0.2, 0) is 4.74 Å². The fraction of sp³-hybridized carbons (Fsp3) is 1.00. The molecule has 0 aromatic rings. The standard InChI is InChI=1S/C14H30N2O/c1-12(2)16(8-9-17-5)11-14(3,4)10-15-13-6-7-13/h12-13,15H,6-11H2,1-5H3. The molecular formula is C14H30N2O. The van der Waals surface area contributed by atoms with Gasteiger partial charge in [-0.1, -0.05) is 13.8 Å². The maximum absolute atomic E-state index is 5.19. The highest BCUT2D eigenvalue weighted by molar-refractivity contribution is 4.85. The quantitative estimate of drug-likeness (QED) is 0.670. The Bertz CT molecular complexity index is 212. The van der Waals surface area contributed by atoms with Crippen molar-refractivity contribution in [3.63, 3.8) is 0 Å². The molecule has 0 radical (unpaired) electrons. The van der Waals surface area contributed by atoms with E-state index in [0.29, 0.717) is 11.5 Å². The summed E-state index contributed by atoms with van der Waals surface area (Å²) < 4.78 is 5.19. The van der Waals surface area contributed by atoms with Crippen LogP contribution in [0.5, 0.6) is 0 Å². The Morgan fingerprint density at radius 2 is 2.00 bits per heavy atom. The summed E-state index contributed by atoms with van der Waals surface area (Å²) in [5.41, 5.74) is 0.334. The maximum Gasteiger partial charge on any atom is 0.0589 e. The van der Waals surface area contributed by atoms with E-state index in [1.165, 1.54) is 12.8 Å². The van der Waals surface area contributed by atoms with Gasteiger partial charge in [0.05, 0.1) is 6.61 Å². The highest BCUT2D eigenvalue weighted by atomic mass is 16.5. The molecule has 1 aliphatic rings. The molecule has 1 N–H and O–H groups in total. The van der Waals surface area contributed by atoms with Gasteiger partial charge < -0.3 is 10.1 Å². The molecule has 0 spiro atoms. The summed E-state index contributed by atoms with van der Waals surface area (Å²) in [7, 11) is 1.78. The lowest BCUT2D eigenvalue weighted by molar-refractivity contribution is 0.0958. The molecule has 0 heterocycles. The number of hydrogen-bond acceptors (Lipinski definition) is 3. The van der Waals surface area contributed by atoms with E-state index >= 15 is 0 Å². The fourth-order valence-electron chi connectivity index (χ4n) is 2.04. The third-order valence-electron chi connectivity index (χ3n) is 3.39. The minimum Gasteiger partial charge on any atom is -0.383 e. The monoisotopic (exact) mass is 242 g/mol. The zero-order valence-corrected chi connectivity index (χ0v) is 12.3. The summed E-state index contributed by atoms with van der Waals surface area (Å²) in [4.78, 5) is 2.51. The summed E-state index contributed by atoms with van der Waals surface area (Å²) in [6, 6.07) is 1.39. The third-order valence-corrected chi connectivity index (χ3v) is 3.39. The van der Waals surface area contributed by atoms with Gasteiger partial charge in [-0.15, -0.1) is 0 Å². The third kappa shape index (κ3) is 6.39. The normalized spacial score (nSPS) is 17.1. The molecular weight excluding hydrogens is 212 g/mol. The molecule has 0 aliphatic heterocycles. The number of hydrogen-bond donors (Lipinski definition) is 1. The smallest absolute Gasteiger partial charge is 0.0589 e. The largest absolute Gasteiger partial charge is 0.383 e. The van der Waals surface area contributed by atoms with Gasteiger partial charge >= 0.3 is 0 Å². The van der Waals surface area contributed by atoms with Crippen LogP contribution in [0.25, 0.3) is 0 Å². The van der Waals surface area contributed by atoms with E-state index in [1.807, 2.05) is 0 Å². The van der Waals surface area contributed by atoms with Gasteiger partial charge in [0.2, 0.25) is 0 Å². The molecule has 1 fully saturated rings. The van der Waals surface area contributed by atoms with Gasteiger partial charge in [0, 0.05) is 38.8 Å². The van der Waals surface area contributed by atoms with Gasteiger partial charge in [-0.25, -0.2) is 0 Å². The van der Waals surface area contributed by atoms with Crippen LogP contribution in [0.15, 0.2) is 0 Å². The van der Waals surface area contributed by atoms with Crippen molar-refractivity contribution in [3.05, 3.63) is 0 Å². The molecule has 3 heteroatoms. The molecule has 0 aromatic heterocycles. The summed E-state index contributed by atoms with van der Waals surface area (Å²) >= 11 is 0. The van der Waals surface area contributed by atoms with Crippen molar-refractivity contribution in [2.75, 3.05) is 33.4 Å². The van der Waals surface area contributed by atoms with Crippen LogP contribution < -0.4 is 5.32 Å². The molecule has 0 amide bonds. The van der Waals surface area contributed by atoms with E-state index in [0.717, 1.165) is 32.3 Å². The van der Waals surface area contributed by atoms with Gasteiger partial charge in [-0.05, 0) is 32.1 Å². The van der Waals surface area contributed by atoms with Crippen LogP contribution in [-0.4, -0.2) is 50.3 Å². The highest BCUT2D eigenvalue weighted by Crippen LogP contribution is 2.23. The maximum atomic E-state index is 5.19. The van der Waals surface area contributed by atoms with Crippen molar-refractivity contribution in [2.24, 2.45) is 5.41 Å². The fourth-order valence-corrected chi connectivity index (χ4v) is 2.04. The second-order valence-electron chi connectivity index (χ2n) is 6.38. The lowest BCUT2D eigenvalue weighted by atomic mass is 9.92. The Balaban J connectivity index is 2.33. The molecule has 102 valence electrons. The van der Waals surface area contributed by atoms with Gasteiger partial charge in [0.25, 0.3) is 0 Å². The number of ether oxygens (including phenoxy) is 1. The summed E-state index contributed by atoms with van der Waals surface area (Å²) in [5.74, 6) is 0. The number of nitrogens with zero attached hydrogens (tertiary/aromatic N) is 1. The van der Waals surface area contributed by atoms with E-state index in [1.54, 1.807) is 7.11 Å². The lowest BCUT2D eigenvalue weighted by Gasteiger charge is -2.35. The molecule has 0 aromatic carbocycles. The Kier molecular flexibility index (Phi) is 5.90. The van der Waals surface area contributed by atoms with Crippen LogP contribution in [0.3, 0.4) is 0 Å². The van der Waals surface area contributed by atoms with Gasteiger partial charge in [0.15, 0.2) is 0 Å². The van der Waals surface area contributed by atoms with Crippen molar-refractivity contribution in [1.29, 1.82) is 0 Å². The summed E-state index contributed by atoms with van der Waals surface area (Å²) in [6.07, 6.45) is 2.74. The minimum atomic E-state index is 0.334. The van der Waals surface area contributed by atoms with E-state index < -0.39 is 0 Å². The highest BCUT2D eigenvalue weighted by Gasteiger charge is 2.27. The average molecular weight is 242 g/mol. The SMILES string of the molecule is COCCN(CC(C)(C)CNC1CC1)C(C)C. The van der Waals surface area contributed by atoms with E-state index in [9.17, 15) is 0 Å². The van der Waals surface area contributed by atoms with Crippen LogP contribution in [0.4, 0.5) is 0 Å². The average Bonchev–Trinajstić information content (AvgIpc) is 3.05. The van der Waals surface area contributed by atoms with Crippen molar-refractivity contribution in [2.45, 2.75) is 52.6 Å². The molecule has 17 heavy (non-hydrogen) atoms. The van der Waals surface area contributed by atoms with Crippen LogP contribution >= 0.6 is 0 Å². The van der Waals surface area contributed by atoms with Crippen LogP contribution in [0.2, 0.25) is 0 Å². The molecule has 1 aliphatic carbocycles. The first-order valence-corrected chi connectivity index (χ1v) is 6.91. The molecule has 1 saturated carbocycles. The van der Waals surface area contributed by atoms with Crippen molar-refractivity contribution in [3.8, 4) is 0 Å². The first-order chi connectivity index (χ1) is 7.94. The molecule has 0 bridgehead atoms. The molecule has 0 saturated heterocycles. The van der Waals surface area contributed by atoms with Gasteiger partial charge in [-0.2, -0.15) is 0 Å². The molecule has 0 unspecified atom stereocenters. The second-order valence-corrected chi connectivity index (χ2v) is 6.38. The number of nitrogens with one attached hydrogen (secondary N) is 1. The predicted octanol–water partition coefficient (Wildman–Crippen LogP) is 2.12. The molecule has 3 nitrogen and oxygen atoms in total. The summed E-state index contributed by atoms with van der Waals surface area (Å²) in [5, 5.41) is 3.64. The minimum absolute atomic E-state index is 0.334. The Morgan fingerprint density at radius 1 is 1.35 bits per heavy atom. The topological polar surface area (TPSA) is 24.5 Å². The number of methoxy groups -OCH3 is 1. The molecule has 0 atom stereocenters. The summed E-state index contributed by atoms with van der Waals surface area (Å²) in [6.45, 7) is 13.3. The lowest BCUT2D eigenvalue weighted by Crippen LogP contribution is -2.45. The van der Waals surface area contributed by atoms with Crippen molar-refractivity contribution < 1.29 is 4.74 Å². The first-order valence-electron chi connectivity index (χ1n) is 6.91. The number of rotatable bonds is 9. The van der Waals surface area contributed by atoms with E-state index in [-0.39, 0.29) is 0 Å². The van der Waals surface area contributed by atoms with E-state index in [4.69, 9.17) is 4.74 Å². The van der Waals surface area contributed by atoms with Crippen molar-refractivity contribution in [1.82, 2.24) is 10.2 Å².